The van der Waals surface area contributed by atoms with Gasteiger partial charge in [0.15, 0.2) is 0 Å². The van der Waals surface area contributed by atoms with Gasteiger partial charge >= 0.3 is 0 Å². The Labute approximate surface area is 143 Å². The highest BCUT2D eigenvalue weighted by molar-refractivity contribution is 8.01. The van der Waals surface area contributed by atoms with Crippen LogP contribution in [0.4, 0.5) is 0 Å². The summed E-state index contributed by atoms with van der Waals surface area (Å²) in [6.45, 7) is 4.22. The SMILES string of the molecule is CN(Cc1ccc2nsnc2c1)C(=O)[C@@H]1CSC(C)(C)C(=O)N1. The average molecular weight is 350 g/mol. The van der Waals surface area contributed by atoms with Crippen molar-refractivity contribution in [2.24, 2.45) is 0 Å². The van der Waals surface area contributed by atoms with Crippen molar-refractivity contribution in [3.63, 3.8) is 0 Å². The molecule has 2 amide bonds. The van der Waals surface area contributed by atoms with Crippen molar-refractivity contribution >= 4 is 46.3 Å². The summed E-state index contributed by atoms with van der Waals surface area (Å²) in [5.74, 6) is 0.435. The molecule has 0 radical (unpaired) electrons. The van der Waals surface area contributed by atoms with Gasteiger partial charge in [-0.05, 0) is 31.5 Å². The van der Waals surface area contributed by atoms with E-state index in [0.29, 0.717) is 12.3 Å². The Morgan fingerprint density at radius 3 is 2.87 bits per heavy atom. The molecule has 1 fully saturated rings. The van der Waals surface area contributed by atoms with Crippen LogP contribution < -0.4 is 5.32 Å². The van der Waals surface area contributed by atoms with E-state index < -0.39 is 10.8 Å². The third-order valence-corrected chi connectivity index (χ3v) is 5.84. The van der Waals surface area contributed by atoms with Crippen LogP contribution in [0.5, 0.6) is 0 Å². The summed E-state index contributed by atoms with van der Waals surface area (Å²) < 4.78 is 7.91. The molecular formula is C15H18N4O2S2. The van der Waals surface area contributed by atoms with Crippen LogP contribution in [-0.2, 0) is 16.1 Å². The van der Waals surface area contributed by atoms with Crippen LogP contribution in [0, 0.1) is 0 Å². The lowest BCUT2D eigenvalue weighted by Gasteiger charge is -2.34. The van der Waals surface area contributed by atoms with Crippen LogP contribution in [0.3, 0.4) is 0 Å². The predicted molar refractivity (Wildman–Crippen MR) is 92.4 cm³/mol. The van der Waals surface area contributed by atoms with Gasteiger partial charge in [-0.15, -0.1) is 11.8 Å². The fourth-order valence-electron chi connectivity index (χ4n) is 2.41. The highest BCUT2D eigenvalue weighted by Crippen LogP contribution is 2.29. The van der Waals surface area contributed by atoms with Gasteiger partial charge < -0.3 is 10.2 Å². The topological polar surface area (TPSA) is 75.2 Å². The van der Waals surface area contributed by atoms with Gasteiger partial charge in [-0.2, -0.15) is 8.75 Å². The third kappa shape index (κ3) is 3.32. The minimum absolute atomic E-state index is 0.0714. The van der Waals surface area contributed by atoms with E-state index >= 15 is 0 Å². The van der Waals surface area contributed by atoms with Crippen molar-refractivity contribution in [2.75, 3.05) is 12.8 Å². The largest absolute Gasteiger partial charge is 0.342 e. The lowest BCUT2D eigenvalue weighted by Crippen LogP contribution is -2.57. The van der Waals surface area contributed by atoms with E-state index in [1.165, 1.54) is 23.5 Å². The standard InChI is InChI=1S/C15H18N4O2S2/c1-15(2)14(21)16-12(8-22-15)13(20)19(3)7-9-4-5-10-11(6-9)18-23-17-10/h4-6,12H,7-8H2,1-3H3,(H,16,21)/t12-/m0/s1. The Hall–Kier alpha value is -1.67. The molecule has 0 saturated carbocycles. The molecule has 2 heterocycles. The van der Waals surface area contributed by atoms with Crippen molar-refractivity contribution < 1.29 is 9.59 Å². The Morgan fingerprint density at radius 1 is 1.39 bits per heavy atom. The first kappa shape index (κ1) is 16.2. The number of hydrogen-bond donors (Lipinski definition) is 1. The van der Waals surface area contributed by atoms with E-state index in [0.717, 1.165) is 16.6 Å². The zero-order chi connectivity index (χ0) is 16.6. The van der Waals surface area contributed by atoms with Gasteiger partial charge in [-0.25, -0.2) is 0 Å². The van der Waals surface area contributed by atoms with Crippen LogP contribution in [0.1, 0.15) is 19.4 Å². The van der Waals surface area contributed by atoms with Crippen LogP contribution in [0.15, 0.2) is 18.2 Å². The number of thioether (sulfide) groups is 1. The normalized spacial score (nSPS) is 20.3. The highest BCUT2D eigenvalue weighted by Gasteiger charge is 2.38. The number of hydrogen-bond acceptors (Lipinski definition) is 6. The molecule has 1 saturated heterocycles. The summed E-state index contributed by atoms with van der Waals surface area (Å²) in [5.41, 5.74) is 2.71. The van der Waals surface area contributed by atoms with E-state index in [-0.39, 0.29) is 11.8 Å². The minimum atomic E-state index is -0.474. The van der Waals surface area contributed by atoms with Crippen LogP contribution in [0.2, 0.25) is 0 Å². The van der Waals surface area contributed by atoms with E-state index in [9.17, 15) is 9.59 Å². The molecule has 0 spiro atoms. The Morgan fingerprint density at radius 2 is 2.13 bits per heavy atom. The van der Waals surface area contributed by atoms with Crippen molar-refractivity contribution in [3.8, 4) is 0 Å². The van der Waals surface area contributed by atoms with Gasteiger partial charge in [0.25, 0.3) is 0 Å². The van der Waals surface area contributed by atoms with Gasteiger partial charge in [-0.1, -0.05) is 6.07 Å². The smallest absolute Gasteiger partial charge is 0.246 e. The Bertz CT molecular complexity index is 759. The van der Waals surface area contributed by atoms with E-state index in [2.05, 4.69) is 14.1 Å². The van der Waals surface area contributed by atoms with Gasteiger partial charge in [0, 0.05) is 19.3 Å². The number of amides is 2. The number of nitrogens with zero attached hydrogens (tertiary/aromatic N) is 3. The summed E-state index contributed by atoms with van der Waals surface area (Å²) in [4.78, 5) is 26.2. The third-order valence-electron chi connectivity index (χ3n) is 3.88. The zero-order valence-corrected chi connectivity index (χ0v) is 14.8. The summed E-state index contributed by atoms with van der Waals surface area (Å²) in [6, 6.07) is 5.34. The maximum Gasteiger partial charge on any atom is 0.246 e. The lowest BCUT2D eigenvalue weighted by atomic mass is 10.1. The molecule has 3 rings (SSSR count). The van der Waals surface area contributed by atoms with Gasteiger partial charge in [0.05, 0.1) is 16.5 Å². The van der Waals surface area contributed by atoms with Crippen LogP contribution >= 0.6 is 23.5 Å². The number of rotatable bonds is 3. The molecule has 8 heteroatoms. The molecule has 0 bridgehead atoms. The van der Waals surface area contributed by atoms with Crippen LogP contribution in [-0.4, -0.2) is 49.1 Å². The van der Waals surface area contributed by atoms with E-state index in [1.54, 1.807) is 11.9 Å². The molecule has 1 N–H and O–H groups in total. The molecular weight excluding hydrogens is 332 g/mol. The van der Waals surface area contributed by atoms with Gasteiger partial charge in [-0.3, -0.25) is 9.59 Å². The van der Waals surface area contributed by atoms with Gasteiger partial charge in [0.2, 0.25) is 11.8 Å². The number of fused-ring (bicyclic) bond motifs is 1. The first-order chi connectivity index (χ1) is 10.9. The van der Waals surface area contributed by atoms with Crippen LogP contribution in [0.25, 0.3) is 11.0 Å². The van der Waals surface area contributed by atoms with E-state index in [1.807, 2.05) is 32.0 Å². The molecule has 23 heavy (non-hydrogen) atoms. The number of aromatic nitrogens is 2. The number of carbonyl (C=O) groups is 2. The first-order valence-corrected chi connectivity index (χ1v) is 8.99. The van der Waals surface area contributed by atoms with Crippen molar-refractivity contribution in [1.29, 1.82) is 0 Å². The fourth-order valence-corrected chi connectivity index (χ4v) is 3.92. The first-order valence-electron chi connectivity index (χ1n) is 7.28. The summed E-state index contributed by atoms with van der Waals surface area (Å²) >= 11 is 2.69. The quantitative estimate of drug-likeness (QED) is 0.911. The molecule has 1 aliphatic rings. The van der Waals surface area contributed by atoms with Crippen molar-refractivity contribution in [2.45, 2.75) is 31.2 Å². The van der Waals surface area contributed by atoms with Gasteiger partial charge in [0.1, 0.15) is 17.1 Å². The lowest BCUT2D eigenvalue weighted by molar-refractivity contribution is -0.136. The Kier molecular flexibility index (Phi) is 4.29. The Balaban J connectivity index is 1.66. The molecule has 6 nitrogen and oxygen atoms in total. The second-order valence-electron chi connectivity index (χ2n) is 6.13. The summed E-state index contributed by atoms with van der Waals surface area (Å²) in [5, 5.41) is 2.83. The fraction of sp³-hybridized carbons (Fsp3) is 0.467. The summed E-state index contributed by atoms with van der Waals surface area (Å²) in [7, 11) is 1.75. The monoisotopic (exact) mass is 350 g/mol. The zero-order valence-electron chi connectivity index (χ0n) is 13.2. The second kappa shape index (κ2) is 6.09. The maximum absolute atomic E-state index is 12.5. The molecule has 1 aromatic heterocycles. The second-order valence-corrected chi connectivity index (χ2v) is 8.30. The maximum atomic E-state index is 12.5. The minimum Gasteiger partial charge on any atom is -0.342 e. The molecule has 0 unspecified atom stereocenters. The van der Waals surface area contributed by atoms with Crippen molar-refractivity contribution in [3.05, 3.63) is 23.8 Å². The average Bonchev–Trinajstić information content (AvgIpc) is 2.97. The number of carbonyl (C=O) groups excluding carboxylic acids is 2. The van der Waals surface area contributed by atoms with E-state index in [4.69, 9.17) is 0 Å². The number of nitrogens with one attached hydrogen (secondary N) is 1. The highest BCUT2D eigenvalue weighted by atomic mass is 32.2. The molecule has 1 aliphatic heterocycles. The number of benzene rings is 1. The number of likely N-dealkylation sites (N-methyl/N-ethyl adjacent to an activating group) is 1. The molecule has 1 aromatic carbocycles. The van der Waals surface area contributed by atoms with Crippen molar-refractivity contribution in [1.82, 2.24) is 19.0 Å². The summed E-state index contributed by atoms with van der Waals surface area (Å²) in [6.07, 6.45) is 0. The molecule has 2 aromatic rings. The molecule has 1 atom stereocenters. The predicted octanol–water partition coefficient (Wildman–Crippen LogP) is 1.66. The molecule has 122 valence electrons. The molecule has 0 aliphatic carbocycles.